The van der Waals surface area contributed by atoms with Gasteiger partial charge >= 0.3 is 0 Å². The van der Waals surface area contributed by atoms with Gasteiger partial charge in [-0.25, -0.2) is 0 Å². The van der Waals surface area contributed by atoms with E-state index in [4.69, 9.17) is 0 Å². The molecule has 3 aromatic carbocycles. The summed E-state index contributed by atoms with van der Waals surface area (Å²) >= 11 is 0. The van der Waals surface area contributed by atoms with Crippen LogP contribution in [0.25, 0.3) is 10.8 Å². The third kappa shape index (κ3) is 4.24. The fourth-order valence-corrected chi connectivity index (χ4v) is 4.54. The summed E-state index contributed by atoms with van der Waals surface area (Å²) in [6.07, 6.45) is 0.365. The van der Waals surface area contributed by atoms with Gasteiger partial charge < -0.3 is 5.32 Å². The Morgan fingerprint density at radius 3 is 2.37 bits per heavy atom. The van der Waals surface area contributed by atoms with Crippen LogP contribution in [0.5, 0.6) is 0 Å². The summed E-state index contributed by atoms with van der Waals surface area (Å²) in [5, 5.41) is 9.27. The monoisotopic (exact) mass is 400 g/mol. The zero-order valence-corrected chi connectivity index (χ0v) is 17.1. The second kappa shape index (κ2) is 8.56. The van der Waals surface area contributed by atoms with Gasteiger partial charge in [0.15, 0.2) is 0 Å². The van der Waals surface area contributed by atoms with E-state index in [0.29, 0.717) is 6.42 Å². The van der Waals surface area contributed by atoms with Gasteiger partial charge in [0.25, 0.3) is 0 Å². The highest BCUT2D eigenvalue weighted by Crippen LogP contribution is 2.25. The Morgan fingerprint density at radius 2 is 1.57 bits per heavy atom. The van der Waals surface area contributed by atoms with Crippen molar-refractivity contribution in [3.8, 4) is 0 Å². The number of hydrogen-bond donors (Lipinski definition) is 2. The average Bonchev–Trinajstić information content (AvgIpc) is 2.79. The molecule has 5 nitrogen and oxygen atoms in total. The zero-order valence-electron chi connectivity index (χ0n) is 17.1. The molecule has 154 valence electrons. The van der Waals surface area contributed by atoms with Crippen LogP contribution in [0.4, 0.5) is 0 Å². The van der Waals surface area contributed by atoms with Crippen LogP contribution < -0.4 is 10.6 Å². The van der Waals surface area contributed by atoms with E-state index in [9.17, 15) is 4.79 Å². The summed E-state index contributed by atoms with van der Waals surface area (Å²) in [5.41, 5.74) is 2.53. The largest absolute Gasteiger partial charge is 0.328 e. The lowest BCUT2D eigenvalue weighted by Gasteiger charge is -2.43. The number of benzene rings is 3. The minimum Gasteiger partial charge on any atom is -0.328 e. The highest BCUT2D eigenvalue weighted by atomic mass is 16.2. The van der Waals surface area contributed by atoms with E-state index in [-0.39, 0.29) is 18.2 Å². The van der Waals surface area contributed by atoms with E-state index in [1.165, 1.54) is 21.9 Å². The molecule has 0 bridgehead atoms. The fraction of sp³-hybridized carbons (Fsp3) is 0.320. The van der Waals surface area contributed by atoms with Crippen molar-refractivity contribution >= 4 is 16.7 Å². The lowest BCUT2D eigenvalue weighted by atomic mass is 9.98. The number of fused-ring (bicyclic) bond motifs is 1. The molecule has 3 aromatic rings. The minimum absolute atomic E-state index is 0.0377. The molecule has 30 heavy (non-hydrogen) atoms. The Balaban J connectivity index is 1.23. The molecule has 0 saturated carbocycles. The third-order valence-corrected chi connectivity index (χ3v) is 6.24. The summed E-state index contributed by atoms with van der Waals surface area (Å²) < 4.78 is 0. The van der Waals surface area contributed by atoms with Crippen LogP contribution in [0.2, 0.25) is 0 Å². The standard InChI is InChI=1S/C25H28N4O/c30-24-17-23(22-11-10-20-8-4-5-9-21(20)16-22)26-25(27-24)29-14-12-28(13-15-29)18-19-6-2-1-3-7-19/h1-11,16,23,25-26H,12-15,17-18H2,(H,27,30). The van der Waals surface area contributed by atoms with Crippen LogP contribution in [-0.2, 0) is 11.3 Å². The van der Waals surface area contributed by atoms with E-state index >= 15 is 0 Å². The number of amides is 1. The number of rotatable bonds is 4. The van der Waals surface area contributed by atoms with Gasteiger partial charge in [-0.3, -0.25) is 19.9 Å². The fourth-order valence-electron chi connectivity index (χ4n) is 4.54. The number of nitrogens with zero attached hydrogens (tertiary/aromatic N) is 2. The first kappa shape index (κ1) is 19.2. The Labute approximate surface area is 177 Å². The van der Waals surface area contributed by atoms with E-state index in [1.807, 2.05) is 0 Å². The van der Waals surface area contributed by atoms with Crippen LogP contribution in [0.15, 0.2) is 72.8 Å². The van der Waals surface area contributed by atoms with E-state index in [1.54, 1.807) is 0 Å². The number of carbonyl (C=O) groups is 1. The van der Waals surface area contributed by atoms with Crippen molar-refractivity contribution in [2.45, 2.75) is 25.3 Å². The molecule has 2 fully saturated rings. The Morgan fingerprint density at radius 1 is 0.833 bits per heavy atom. The number of piperazine rings is 1. The van der Waals surface area contributed by atoms with Crippen LogP contribution in [-0.4, -0.2) is 48.2 Å². The van der Waals surface area contributed by atoms with Crippen molar-refractivity contribution in [3.05, 3.63) is 83.9 Å². The molecular formula is C25H28N4O. The van der Waals surface area contributed by atoms with Crippen molar-refractivity contribution in [2.75, 3.05) is 26.2 Å². The SMILES string of the molecule is O=C1CC(c2ccc3ccccc3c2)NC(N2CCN(Cc3ccccc3)CC2)N1. The predicted octanol–water partition coefficient (Wildman–Crippen LogP) is 3.09. The Hall–Kier alpha value is -2.73. The summed E-state index contributed by atoms with van der Waals surface area (Å²) in [5.74, 6) is 0.114. The van der Waals surface area contributed by atoms with Gasteiger partial charge in [-0.15, -0.1) is 0 Å². The maximum absolute atomic E-state index is 12.5. The van der Waals surface area contributed by atoms with E-state index in [2.05, 4.69) is 93.2 Å². The van der Waals surface area contributed by atoms with Gasteiger partial charge in [-0.05, 0) is 28.0 Å². The average molecular weight is 401 g/mol. The Bertz CT molecular complexity index is 1010. The molecule has 0 spiro atoms. The molecule has 2 aliphatic rings. The lowest BCUT2D eigenvalue weighted by Crippen LogP contribution is -2.64. The first-order chi connectivity index (χ1) is 14.7. The first-order valence-corrected chi connectivity index (χ1v) is 10.8. The third-order valence-electron chi connectivity index (χ3n) is 6.24. The van der Waals surface area contributed by atoms with E-state index in [0.717, 1.165) is 32.7 Å². The molecular weight excluding hydrogens is 372 g/mol. The van der Waals surface area contributed by atoms with E-state index < -0.39 is 0 Å². The van der Waals surface area contributed by atoms with Crippen molar-refractivity contribution in [1.82, 2.24) is 20.4 Å². The molecule has 5 rings (SSSR count). The second-order valence-corrected chi connectivity index (χ2v) is 8.30. The smallest absolute Gasteiger partial charge is 0.224 e. The molecule has 2 aliphatic heterocycles. The summed E-state index contributed by atoms with van der Waals surface area (Å²) in [6.45, 7) is 4.87. The topological polar surface area (TPSA) is 47.6 Å². The van der Waals surface area contributed by atoms with Crippen molar-refractivity contribution in [2.24, 2.45) is 0 Å². The summed E-state index contributed by atoms with van der Waals surface area (Å²) in [7, 11) is 0. The molecule has 2 atom stereocenters. The van der Waals surface area contributed by atoms with Crippen molar-refractivity contribution < 1.29 is 4.79 Å². The van der Waals surface area contributed by atoms with Gasteiger partial charge in [0.1, 0.15) is 6.29 Å². The van der Waals surface area contributed by atoms with Crippen LogP contribution in [0.3, 0.4) is 0 Å². The van der Waals surface area contributed by atoms with Crippen LogP contribution in [0.1, 0.15) is 23.6 Å². The van der Waals surface area contributed by atoms with Gasteiger partial charge in [-0.1, -0.05) is 66.7 Å². The van der Waals surface area contributed by atoms with Crippen LogP contribution >= 0.6 is 0 Å². The summed E-state index contributed by atoms with van der Waals surface area (Å²) in [6, 6.07) is 25.5. The van der Waals surface area contributed by atoms with Crippen molar-refractivity contribution in [3.63, 3.8) is 0 Å². The van der Waals surface area contributed by atoms with Crippen molar-refractivity contribution in [1.29, 1.82) is 0 Å². The number of carbonyl (C=O) groups excluding carboxylic acids is 1. The van der Waals surface area contributed by atoms with Gasteiger partial charge in [0.05, 0.1) is 0 Å². The maximum atomic E-state index is 12.5. The van der Waals surface area contributed by atoms with Crippen LogP contribution in [0, 0.1) is 0 Å². The zero-order chi connectivity index (χ0) is 20.3. The van der Waals surface area contributed by atoms with Gasteiger partial charge in [-0.2, -0.15) is 0 Å². The molecule has 2 N–H and O–H groups in total. The molecule has 0 aromatic heterocycles. The lowest BCUT2D eigenvalue weighted by molar-refractivity contribution is -0.127. The normalized spacial score (nSPS) is 23.4. The molecule has 0 radical (unpaired) electrons. The molecule has 1 amide bonds. The number of hydrogen-bond acceptors (Lipinski definition) is 4. The highest BCUT2D eigenvalue weighted by molar-refractivity contribution is 5.83. The predicted molar refractivity (Wildman–Crippen MR) is 120 cm³/mol. The summed E-state index contributed by atoms with van der Waals surface area (Å²) in [4.78, 5) is 17.3. The molecule has 2 unspecified atom stereocenters. The minimum atomic E-state index is -0.110. The first-order valence-electron chi connectivity index (χ1n) is 10.8. The highest BCUT2D eigenvalue weighted by Gasteiger charge is 2.32. The Kier molecular flexibility index (Phi) is 5.49. The van der Waals surface area contributed by atoms with Gasteiger partial charge in [0, 0.05) is 45.2 Å². The molecule has 0 aliphatic carbocycles. The van der Waals surface area contributed by atoms with Gasteiger partial charge in [0.2, 0.25) is 5.91 Å². The molecule has 5 heteroatoms. The second-order valence-electron chi connectivity index (χ2n) is 8.30. The molecule has 2 saturated heterocycles. The maximum Gasteiger partial charge on any atom is 0.224 e. The number of nitrogens with one attached hydrogen (secondary N) is 2. The quantitative estimate of drug-likeness (QED) is 0.707. The molecule has 2 heterocycles.